The monoisotopic (exact) mass is 329 g/mol. The molecular formula is C17H16ClN3O2. The van der Waals surface area contributed by atoms with Gasteiger partial charge in [-0.05, 0) is 41.8 Å². The van der Waals surface area contributed by atoms with E-state index in [1.54, 1.807) is 6.07 Å². The lowest BCUT2D eigenvalue weighted by atomic mass is 10.1. The highest BCUT2D eigenvalue weighted by Gasteiger charge is 2.05. The molecule has 1 heterocycles. The zero-order valence-corrected chi connectivity index (χ0v) is 13.1. The van der Waals surface area contributed by atoms with Gasteiger partial charge in [-0.15, -0.1) is 0 Å². The number of rotatable bonds is 5. The normalized spacial score (nSPS) is 10.8. The number of carbonyl (C=O) groups excluding carboxylic acids is 1. The summed E-state index contributed by atoms with van der Waals surface area (Å²) in [6, 6.07) is 13.0. The highest BCUT2D eigenvalue weighted by atomic mass is 35.5. The first kappa shape index (κ1) is 15.4. The lowest BCUT2D eigenvalue weighted by Crippen LogP contribution is -2.27. The molecule has 0 aliphatic heterocycles. The number of aromatic amines is 2. The minimum absolute atomic E-state index is 0.0516. The predicted octanol–water partition coefficient (Wildman–Crippen LogP) is 2.41. The average molecular weight is 330 g/mol. The number of hydrogen-bond donors (Lipinski definition) is 3. The second kappa shape index (κ2) is 6.71. The Hall–Kier alpha value is -2.53. The van der Waals surface area contributed by atoms with E-state index in [1.807, 2.05) is 36.4 Å². The molecule has 23 heavy (non-hydrogen) atoms. The molecule has 0 aliphatic rings. The molecule has 0 aliphatic carbocycles. The number of hydrogen-bond acceptors (Lipinski definition) is 2. The highest BCUT2D eigenvalue weighted by molar-refractivity contribution is 6.30. The van der Waals surface area contributed by atoms with Crippen molar-refractivity contribution in [2.45, 2.75) is 12.8 Å². The lowest BCUT2D eigenvalue weighted by Gasteiger charge is -2.06. The third-order valence-electron chi connectivity index (χ3n) is 3.57. The van der Waals surface area contributed by atoms with Crippen LogP contribution in [-0.2, 0) is 17.6 Å². The molecular weight excluding hydrogens is 314 g/mol. The summed E-state index contributed by atoms with van der Waals surface area (Å²) in [4.78, 5) is 28.6. The topological polar surface area (TPSA) is 77.8 Å². The zero-order valence-electron chi connectivity index (χ0n) is 12.4. The van der Waals surface area contributed by atoms with Gasteiger partial charge in [-0.3, -0.25) is 4.79 Å². The van der Waals surface area contributed by atoms with Crippen molar-refractivity contribution in [1.29, 1.82) is 0 Å². The molecule has 5 nitrogen and oxygen atoms in total. The number of benzene rings is 2. The number of H-pyrrole nitrogens is 2. The molecule has 6 heteroatoms. The van der Waals surface area contributed by atoms with Gasteiger partial charge in [0.05, 0.1) is 17.5 Å². The molecule has 0 spiro atoms. The molecule has 3 rings (SSSR count). The van der Waals surface area contributed by atoms with Gasteiger partial charge in [-0.25, -0.2) is 4.79 Å². The summed E-state index contributed by atoms with van der Waals surface area (Å²) in [6.07, 6.45) is 1.01. The van der Waals surface area contributed by atoms with Crippen molar-refractivity contribution in [2.75, 3.05) is 6.54 Å². The van der Waals surface area contributed by atoms with Crippen molar-refractivity contribution in [2.24, 2.45) is 0 Å². The van der Waals surface area contributed by atoms with Gasteiger partial charge in [0.15, 0.2) is 0 Å². The Kier molecular flexibility index (Phi) is 4.48. The van der Waals surface area contributed by atoms with Crippen molar-refractivity contribution in [1.82, 2.24) is 15.3 Å². The van der Waals surface area contributed by atoms with E-state index < -0.39 is 0 Å². The van der Waals surface area contributed by atoms with E-state index in [0.717, 1.165) is 23.1 Å². The average Bonchev–Trinajstić information content (AvgIpc) is 2.86. The molecule has 3 N–H and O–H groups in total. The number of nitrogens with one attached hydrogen (secondary N) is 3. The highest BCUT2D eigenvalue weighted by Crippen LogP contribution is 2.12. The minimum atomic E-state index is -0.247. The van der Waals surface area contributed by atoms with Crippen LogP contribution in [0.15, 0.2) is 47.3 Å². The second-order valence-electron chi connectivity index (χ2n) is 5.37. The Morgan fingerprint density at radius 1 is 1.04 bits per heavy atom. The predicted molar refractivity (Wildman–Crippen MR) is 90.8 cm³/mol. The molecule has 1 aromatic heterocycles. The van der Waals surface area contributed by atoms with E-state index in [9.17, 15) is 9.59 Å². The van der Waals surface area contributed by atoms with Crippen molar-refractivity contribution in [3.63, 3.8) is 0 Å². The molecule has 0 unspecified atom stereocenters. The van der Waals surface area contributed by atoms with Gasteiger partial charge < -0.3 is 15.3 Å². The molecule has 2 aromatic carbocycles. The van der Waals surface area contributed by atoms with Crippen LogP contribution >= 0.6 is 11.6 Å². The zero-order chi connectivity index (χ0) is 16.2. The lowest BCUT2D eigenvalue weighted by molar-refractivity contribution is -0.120. The smallest absolute Gasteiger partial charge is 0.323 e. The number of aromatic nitrogens is 2. The van der Waals surface area contributed by atoms with Gasteiger partial charge in [0.25, 0.3) is 0 Å². The van der Waals surface area contributed by atoms with E-state index in [1.165, 1.54) is 0 Å². The van der Waals surface area contributed by atoms with Crippen molar-refractivity contribution in [3.8, 4) is 0 Å². The summed E-state index contributed by atoms with van der Waals surface area (Å²) in [5.41, 5.74) is 3.14. The quantitative estimate of drug-likeness (QED) is 0.672. The molecule has 1 amide bonds. The van der Waals surface area contributed by atoms with Crippen LogP contribution < -0.4 is 11.0 Å². The number of fused-ring (bicyclic) bond motifs is 1. The third kappa shape index (κ3) is 4.02. The van der Waals surface area contributed by atoms with Crippen LogP contribution in [0.5, 0.6) is 0 Å². The molecule has 0 saturated carbocycles. The fourth-order valence-corrected chi connectivity index (χ4v) is 2.69. The second-order valence-corrected chi connectivity index (χ2v) is 5.80. The Morgan fingerprint density at radius 3 is 2.70 bits per heavy atom. The summed E-state index contributed by atoms with van der Waals surface area (Å²) in [7, 11) is 0. The van der Waals surface area contributed by atoms with E-state index in [4.69, 9.17) is 11.6 Å². The standard InChI is InChI=1S/C17H16ClN3O2/c18-13-3-1-2-11(8-13)6-7-19-16(22)10-12-4-5-14-15(9-12)21-17(23)20-14/h1-5,8-9H,6-7,10H2,(H,19,22)(H2,20,21,23). The summed E-state index contributed by atoms with van der Waals surface area (Å²) in [5, 5.41) is 3.59. The largest absolute Gasteiger partial charge is 0.355 e. The maximum absolute atomic E-state index is 12.0. The fraction of sp³-hybridized carbons (Fsp3) is 0.176. The Bertz CT molecular complexity index is 898. The summed E-state index contributed by atoms with van der Waals surface area (Å²) in [6.45, 7) is 0.558. The van der Waals surface area contributed by atoms with Gasteiger partial charge in [-0.2, -0.15) is 0 Å². The Labute approximate surface area is 137 Å². The maximum atomic E-state index is 12.0. The SMILES string of the molecule is O=C(Cc1ccc2[nH]c(=O)[nH]c2c1)NCCc1cccc(Cl)c1. The first-order valence-corrected chi connectivity index (χ1v) is 7.70. The molecule has 0 atom stereocenters. The molecule has 118 valence electrons. The van der Waals surface area contributed by atoms with E-state index in [2.05, 4.69) is 15.3 Å². The number of carbonyl (C=O) groups is 1. The van der Waals surface area contributed by atoms with Gasteiger partial charge in [0, 0.05) is 11.6 Å². The number of halogens is 1. The van der Waals surface area contributed by atoms with E-state index >= 15 is 0 Å². The van der Waals surface area contributed by atoms with Crippen LogP contribution in [0.1, 0.15) is 11.1 Å². The van der Waals surface area contributed by atoms with Crippen LogP contribution in [0.3, 0.4) is 0 Å². The number of imidazole rings is 1. The Balaban J connectivity index is 1.54. The van der Waals surface area contributed by atoms with Crippen LogP contribution in [-0.4, -0.2) is 22.4 Å². The molecule has 3 aromatic rings. The van der Waals surface area contributed by atoms with Gasteiger partial charge in [0.1, 0.15) is 0 Å². The molecule has 0 bridgehead atoms. The van der Waals surface area contributed by atoms with E-state index in [0.29, 0.717) is 17.1 Å². The minimum Gasteiger partial charge on any atom is -0.355 e. The van der Waals surface area contributed by atoms with Crippen LogP contribution in [0.25, 0.3) is 11.0 Å². The molecule has 0 saturated heterocycles. The van der Waals surface area contributed by atoms with Crippen LogP contribution in [0.2, 0.25) is 5.02 Å². The number of amides is 1. The molecule has 0 fully saturated rings. The van der Waals surface area contributed by atoms with Crippen LogP contribution in [0, 0.1) is 0 Å². The summed E-state index contributed by atoms with van der Waals surface area (Å²) >= 11 is 5.93. The van der Waals surface area contributed by atoms with Crippen LogP contribution in [0.4, 0.5) is 0 Å². The Morgan fingerprint density at radius 2 is 1.87 bits per heavy atom. The van der Waals surface area contributed by atoms with Gasteiger partial charge in [0.2, 0.25) is 5.91 Å². The maximum Gasteiger partial charge on any atom is 0.323 e. The molecule has 0 radical (unpaired) electrons. The summed E-state index contributed by atoms with van der Waals surface area (Å²) in [5.74, 6) is -0.0516. The van der Waals surface area contributed by atoms with E-state index in [-0.39, 0.29) is 18.0 Å². The van der Waals surface area contributed by atoms with Gasteiger partial charge >= 0.3 is 5.69 Å². The first-order valence-electron chi connectivity index (χ1n) is 7.32. The third-order valence-corrected chi connectivity index (χ3v) is 3.81. The summed E-state index contributed by atoms with van der Waals surface area (Å²) < 4.78 is 0. The first-order chi connectivity index (χ1) is 11.1. The van der Waals surface area contributed by atoms with Crippen molar-refractivity contribution in [3.05, 3.63) is 69.1 Å². The fourth-order valence-electron chi connectivity index (χ4n) is 2.48. The van der Waals surface area contributed by atoms with Crippen molar-refractivity contribution >= 4 is 28.5 Å². The van der Waals surface area contributed by atoms with Crippen molar-refractivity contribution < 1.29 is 4.79 Å². The van der Waals surface area contributed by atoms with Gasteiger partial charge in [-0.1, -0.05) is 29.8 Å².